The van der Waals surface area contributed by atoms with Crippen LogP contribution in [-0.4, -0.2) is 28.9 Å². The number of pyridine rings is 1. The second-order valence-electron chi connectivity index (χ2n) is 4.91. The minimum absolute atomic E-state index is 0.358. The van der Waals surface area contributed by atoms with Crippen LogP contribution in [0, 0.1) is 0 Å². The highest BCUT2D eigenvalue weighted by Crippen LogP contribution is 2.43. The number of aromatic nitrogens is 1. The molecule has 2 aromatic rings. The number of hydrogen-bond donors (Lipinski definition) is 2. The van der Waals surface area contributed by atoms with Crippen LogP contribution in [0.1, 0.15) is 10.4 Å². The molecule has 0 aliphatic carbocycles. The van der Waals surface area contributed by atoms with Crippen molar-refractivity contribution in [2.24, 2.45) is 0 Å². The molecule has 0 fully saturated rings. The van der Waals surface area contributed by atoms with Gasteiger partial charge in [-0.3, -0.25) is 4.79 Å². The second kappa shape index (κ2) is 6.61. The molecule has 1 heterocycles. The van der Waals surface area contributed by atoms with E-state index in [1.807, 2.05) is 0 Å². The smallest absolute Gasteiger partial charge is 0.332 e. The van der Waals surface area contributed by atoms with Crippen molar-refractivity contribution in [1.82, 2.24) is 10.3 Å². The van der Waals surface area contributed by atoms with Crippen molar-refractivity contribution in [2.45, 2.75) is 18.0 Å². The summed E-state index contributed by atoms with van der Waals surface area (Å²) in [5, 5.41) is 2.32. The number of nitrogens with one attached hydrogen (secondary N) is 2. The van der Waals surface area contributed by atoms with E-state index in [-0.39, 0.29) is 5.56 Å². The quantitative estimate of drug-likeness (QED) is 0.643. The number of anilines is 1. The lowest BCUT2D eigenvalue weighted by atomic mass is 10.1. The molecule has 1 aromatic carbocycles. The predicted molar refractivity (Wildman–Crippen MR) is 76.6 cm³/mol. The molecule has 0 saturated carbocycles. The number of halogens is 6. The lowest BCUT2D eigenvalue weighted by Crippen LogP contribution is -2.72. The summed E-state index contributed by atoms with van der Waals surface area (Å²) in [7, 11) is 0. The van der Waals surface area contributed by atoms with Gasteiger partial charge in [0.1, 0.15) is 5.82 Å². The Morgan fingerprint density at radius 3 is 1.88 bits per heavy atom. The molecule has 10 heteroatoms. The van der Waals surface area contributed by atoms with Crippen molar-refractivity contribution in [3.05, 3.63) is 60.3 Å². The monoisotopic (exact) mass is 363 g/mol. The van der Waals surface area contributed by atoms with Gasteiger partial charge in [0, 0.05) is 11.8 Å². The van der Waals surface area contributed by atoms with E-state index in [2.05, 4.69) is 4.98 Å². The molecule has 0 unspecified atom stereocenters. The summed E-state index contributed by atoms with van der Waals surface area (Å²) in [5.41, 5.74) is -5.07. The van der Waals surface area contributed by atoms with Crippen molar-refractivity contribution in [3.8, 4) is 0 Å². The number of carbonyl (C=O) groups is 1. The second-order valence-corrected chi connectivity index (χ2v) is 4.91. The fourth-order valence-electron chi connectivity index (χ4n) is 1.94. The van der Waals surface area contributed by atoms with E-state index < -0.39 is 29.7 Å². The molecule has 0 atom stereocenters. The van der Waals surface area contributed by atoms with Crippen LogP contribution in [0.15, 0.2) is 54.7 Å². The lowest BCUT2D eigenvalue weighted by Gasteiger charge is -2.38. The predicted octanol–water partition coefficient (Wildman–Crippen LogP) is 3.74. The summed E-state index contributed by atoms with van der Waals surface area (Å²) < 4.78 is 80.4. The molecule has 0 radical (unpaired) electrons. The largest absolute Gasteiger partial charge is 0.439 e. The van der Waals surface area contributed by atoms with Crippen LogP contribution in [-0.2, 0) is 0 Å². The summed E-state index contributed by atoms with van der Waals surface area (Å²) in [5.74, 6) is -2.25. The SMILES string of the molecule is O=C(NC(Nc1ccccn1)(C(F)(F)F)C(F)(F)F)c1ccccc1. The van der Waals surface area contributed by atoms with Gasteiger partial charge in [-0.25, -0.2) is 4.98 Å². The third-order valence-corrected chi connectivity index (χ3v) is 3.17. The Balaban J connectivity index is 2.49. The normalized spacial score (nSPS) is 12.6. The number of amides is 1. The lowest BCUT2D eigenvalue weighted by molar-refractivity contribution is -0.294. The van der Waals surface area contributed by atoms with E-state index in [0.29, 0.717) is 0 Å². The molecule has 1 aromatic heterocycles. The number of rotatable bonds is 4. The van der Waals surface area contributed by atoms with Gasteiger partial charge >= 0.3 is 18.0 Å². The molecule has 25 heavy (non-hydrogen) atoms. The van der Waals surface area contributed by atoms with Gasteiger partial charge in [0.2, 0.25) is 0 Å². The molecule has 4 nitrogen and oxygen atoms in total. The molecule has 134 valence electrons. The zero-order chi connectivity index (χ0) is 18.7. The van der Waals surface area contributed by atoms with Gasteiger partial charge in [0.15, 0.2) is 0 Å². The number of nitrogens with zero attached hydrogens (tertiary/aromatic N) is 1. The molecule has 0 spiro atoms. The summed E-state index contributed by atoms with van der Waals surface area (Å²) in [6.07, 6.45) is -10.8. The molecular formula is C15H11F6N3O. The maximum atomic E-state index is 13.4. The summed E-state index contributed by atoms with van der Waals surface area (Å²) in [4.78, 5) is 15.4. The van der Waals surface area contributed by atoms with Crippen LogP contribution in [0.5, 0.6) is 0 Å². The summed E-state index contributed by atoms with van der Waals surface area (Å²) in [6, 6.07) is 9.70. The zero-order valence-corrected chi connectivity index (χ0v) is 12.3. The van der Waals surface area contributed by atoms with E-state index in [1.54, 1.807) is 0 Å². The number of alkyl halides is 6. The van der Waals surface area contributed by atoms with E-state index in [4.69, 9.17) is 0 Å². The Morgan fingerprint density at radius 2 is 1.40 bits per heavy atom. The Bertz CT molecular complexity index is 702. The van der Waals surface area contributed by atoms with E-state index in [9.17, 15) is 31.1 Å². The molecule has 0 aliphatic rings. The highest BCUT2D eigenvalue weighted by molar-refractivity contribution is 5.95. The van der Waals surface area contributed by atoms with E-state index >= 15 is 0 Å². The van der Waals surface area contributed by atoms with Gasteiger partial charge in [-0.1, -0.05) is 24.3 Å². The Hall–Kier alpha value is -2.78. The maximum Gasteiger partial charge on any atom is 0.439 e. The Kier molecular flexibility index (Phi) is 4.91. The van der Waals surface area contributed by atoms with Gasteiger partial charge in [-0.15, -0.1) is 0 Å². The maximum absolute atomic E-state index is 13.4. The first-order valence-electron chi connectivity index (χ1n) is 6.77. The molecule has 0 bridgehead atoms. The van der Waals surface area contributed by atoms with Gasteiger partial charge in [-0.05, 0) is 24.3 Å². The fraction of sp³-hybridized carbons (Fsp3) is 0.200. The van der Waals surface area contributed by atoms with Gasteiger partial charge in [0.05, 0.1) is 0 Å². The van der Waals surface area contributed by atoms with Crippen LogP contribution < -0.4 is 10.6 Å². The highest BCUT2D eigenvalue weighted by Gasteiger charge is 2.72. The summed E-state index contributed by atoms with van der Waals surface area (Å²) in [6.45, 7) is 0. The first-order valence-corrected chi connectivity index (χ1v) is 6.77. The zero-order valence-electron chi connectivity index (χ0n) is 12.3. The first-order chi connectivity index (χ1) is 11.6. The summed E-state index contributed by atoms with van der Waals surface area (Å²) >= 11 is 0. The topological polar surface area (TPSA) is 54.0 Å². The molecule has 2 N–H and O–H groups in total. The first kappa shape index (κ1) is 18.6. The van der Waals surface area contributed by atoms with Crippen LogP contribution in [0.25, 0.3) is 0 Å². The fourth-order valence-corrected chi connectivity index (χ4v) is 1.94. The highest BCUT2D eigenvalue weighted by atomic mass is 19.4. The minimum atomic E-state index is -5.90. The van der Waals surface area contributed by atoms with Gasteiger partial charge in [-0.2, -0.15) is 26.3 Å². The van der Waals surface area contributed by atoms with Crippen LogP contribution in [0.2, 0.25) is 0 Å². The van der Waals surface area contributed by atoms with Crippen LogP contribution >= 0.6 is 0 Å². The number of carbonyl (C=O) groups excluding carboxylic acids is 1. The molecular weight excluding hydrogens is 352 g/mol. The number of benzene rings is 1. The molecule has 0 saturated heterocycles. The van der Waals surface area contributed by atoms with Gasteiger partial charge in [0.25, 0.3) is 5.91 Å². The molecule has 1 amide bonds. The Morgan fingerprint density at radius 1 is 0.840 bits per heavy atom. The van der Waals surface area contributed by atoms with Crippen LogP contribution in [0.4, 0.5) is 32.2 Å². The van der Waals surface area contributed by atoms with Gasteiger partial charge < -0.3 is 10.6 Å². The molecule has 2 rings (SSSR count). The minimum Gasteiger partial charge on any atom is -0.332 e. The average Bonchev–Trinajstić information content (AvgIpc) is 2.54. The van der Waals surface area contributed by atoms with Crippen molar-refractivity contribution >= 4 is 11.7 Å². The average molecular weight is 363 g/mol. The van der Waals surface area contributed by atoms with Crippen molar-refractivity contribution in [1.29, 1.82) is 0 Å². The van der Waals surface area contributed by atoms with Crippen molar-refractivity contribution < 1.29 is 31.1 Å². The molecule has 0 aliphatic heterocycles. The third kappa shape index (κ3) is 3.83. The van der Waals surface area contributed by atoms with Crippen LogP contribution in [0.3, 0.4) is 0 Å². The number of hydrogen-bond acceptors (Lipinski definition) is 3. The standard InChI is InChI=1S/C15H11F6N3O/c16-14(17,18)13(15(19,20)21,23-11-8-4-5-9-22-11)24-12(25)10-6-2-1-3-7-10/h1-9H,(H,22,23)(H,24,25). The third-order valence-electron chi connectivity index (χ3n) is 3.17. The van der Waals surface area contributed by atoms with E-state index in [1.165, 1.54) is 35.6 Å². The Labute approximate surface area is 137 Å². The van der Waals surface area contributed by atoms with Crippen molar-refractivity contribution in [3.63, 3.8) is 0 Å². The van der Waals surface area contributed by atoms with E-state index in [0.717, 1.165) is 29.7 Å². The van der Waals surface area contributed by atoms with Crippen molar-refractivity contribution in [2.75, 3.05) is 5.32 Å².